The van der Waals surface area contributed by atoms with Gasteiger partial charge in [0.25, 0.3) is 0 Å². The standard InChI is InChI=1S/C5H5F3N2S/c6-5(7,8)3-2-11-10-4(3)1-9/h2H,1,9H2. The van der Waals surface area contributed by atoms with Gasteiger partial charge in [-0.15, -0.1) is 0 Å². The van der Waals surface area contributed by atoms with Crippen molar-refractivity contribution in [1.29, 1.82) is 0 Å². The van der Waals surface area contributed by atoms with E-state index in [9.17, 15) is 13.2 Å². The van der Waals surface area contributed by atoms with Crippen LogP contribution in [0.1, 0.15) is 11.3 Å². The van der Waals surface area contributed by atoms with Gasteiger partial charge in [0.15, 0.2) is 0 Å². The molecule has 1 aromatic rings. The Balaban J connectivity index is 3.02. The highest BCUT2D eigenvalue weighted by molar-refractivity contribution is 7.03. The van der Waals surface area contributed by atoms with E-state index in [2.05, 4.69) is 4.37 Å². The summed E-state index contributed by atoms with van der Waals surface area (Å²) in [4.78, 5) is 0. The normalized spacial score (nSPS) is 12.0. The summed E-state index contributed by atoms with van der Waals surface area (Å²) in [5, 5.41) is 0.961. The summed E-state index contributed by atoms with van der Waals surface area (Å²) in [5.74, 6) is 0. The highest BCUT2D eigenvalue weighted by Gasteiger charge is 2.34. The average molecular weight is 182 g/mol. The highest BCUT2D eigenvalue weighted by atomic mass is 32.1. The lowest BCUT2D eigenvalue weighted by atomic mass is 10.2. The van der Waals surface area contributed by atoms with E-state index >= 15 is 0 Å². The fourth-order valence-electron chi connectivity index (χ4n) is 0.638. The molecule has 1 aromatic heterocycles. The van der Waals surface area contributed by atoms with Crippen molar-refractivity contribution in [2.45, 2.75) is 12.7 Å². The van der Waals surface area contributed by atoms with Gasteiger partial charge in [0.05, 0.1) is 11.3 Å². The van der Waals surface area contributed by atoms with Crippen LogP contribution in [0.5, 0.6) is 0 Å². The van der Waals surface area contributed by atoms with Gasteiger partial charge in [-0.1, -0.05) is 0 Å². The van der Waals surface area contributed by atoms with Gasteiger partial charge in [-0.25, -0.2) is 0 Å². The summed E-state index contributed by atoms with van der Waals surface area (Å²) in [6, 6.07) is 0. The molecular weight excluding hydrogens is 177 g/mol. The Hall–Kier alpha value is -0.620. The van der Waals surface area contributed by atoms with E-state index in [0.717, 1.165) is 16.9 Å². The Morgan fingerprint density at radius 3 is 2.55 bits per heavy atom. The average Bonchev–Trinajstić information content (AvgIpc) is 2.31. The quantitative estimate of drug-likeness (QED) is 0.716. The van der Waals surface area contributed by atoms with E-state index in [1.807, 2.05) is 0 Å². The molecule has 0 aromatic carbocycles. The Morgan fingerprint density at radius 2 is 2.18 bits per heavy atom. The number of aromatic nitrogens is 1. The number of nitrogens with two attached hydrogens (primary N) is 1. The lowest BCUT2D eigenvalue weighted by Crippen LogP contribution is -2.09. The molecule has 11 heavy (non-hydrogen) atoms. The smallest absolute Gasteiger partial charge is 0.325 e. The van der Waals surface area contributed by atoms with Gasteiger partial charge < -0.3 is 5.73 Å². The Bertz CT molecular complexity index is 242. The maximum absolute atomic E-state index is 12.0. The van der Waals surface area contributed by atoms with Crippen molar-refractivity contribution in [3.05, 3.63) is 16.6 Å². The Labute approximate surface area is 65.0 Å². The van der Waals surface area contributed by atoms with Crippen LogP contribution in [0, 0.1) is 0 Å². The van der Waals surface area contributed by atoms with Crippen LogP contribution in [0.25, 0.3) is 0 Å². The summed E-state index contributed by atoms with van der Waals surface area (Å²) in [6.45, 7) is -0.168. The molecule has 1 rings (SSSR count). The third-order valence-electron chi connectivity index (χ3n) is 1.14. The first-order valence-corrected chi connectivity index (χ1v) is 3.60. The van der Waals surface area contributed by atoms with Crippen LogP contribution >= 0.6 is 11.5 Å². The van der Waals surface area contributed by atoms with Gasteiger partial charge in [0.1, 0.15) is 0 Å². The van der Waals surface area contributed by atoms with Crippen molar-refractivity contribution in [2.24, 2.45) is 5.73 Å². The molecule has 62 valence electrons. The summed E-state index contributed by atoms with van der Waals surface area (Å²) >= 11 is 0.768. The topological polar surface area (TPSA) is 38.9 Å². The molecule has 0 aliphatic heterocycles. The van der Waals surface area contributed by atoms with E-state index in [1.54, 1.807) is 0 Å². The maximum Gasteiger partial charge on any atom is 0.419 e. The van der Waals surface area contributed by atoms with Crippen LogP contribution in [-0.4, -0.2) is 4.37 Å². The van der Waals surface area contributed by atoms with E-state index < -0.39 is 11.7 Å². The van der Waals surface area contributed by atoms with Crippen molar-refractivity contribution in [1.82, 2.24) is 4.37 Å². The molecule has 0 radical (unpaired) electrons. The molecule has 2 N–H and O–H groups in total. The van der Waals surface area contributed by atoms with Crippen molar-refractivity contribution >= 4 is 11.5 Å². The lowest BCUT2D eigenvalue weighted by Gasteiger charge is -2.03. The van der Waals surface area contributed by atoms with Gasteiger partial charge in [-0.05, 0) is 11.5 Å². The first-order chi connectivity index (χ1) is 5.05. The van der Waals surface area contributed by atoms with E-state index in [0.29, 0.717) is 0 Å². The third-order valence-corrected chi connectivity index (χ3v) is 1.81. The molecule has 0 bridgehead atoms. The van der Waals surface area contributed by atoms with Gasteiger partial charge in [0, 0.05) is 11.9 Å². The predicted octanol–water partition coefficient (Wildman–Crippen LogP) is 1.62. The van der Waals surface area contributed by atoms with Crippen LogP contribution in [0.4, 0.5) is 13.2 Å². The van der Waals surface area contributed by atoms with Crippen LogP contribution in [0.2, 0.25) is 0 Å². The van der Waals surface area contributed by atoms with Gasteiger partial charge in [0.2, 0.25) is 0 Å². The minimum Gasteiger partial charge on any atom is -0.325 e. The largest absolute Gasteiger partial charge is 0.419 e. The third kappa shape index (κ3) is 1.69. The zero-order valence-electron chi connectivity index (χ0n) is 5.35. The number of nitrogens with zero attached hydrogens (tertiary/aromatic N) is 1. The number of alkyl halides is 3. The maximum atomic E-state index is 12.0. The van der Waals surface area contributed by atoms with Crippen LogP contribution < -0.4 is 5.73 Å². The van der Waals surface area contributed by atoms with Crippen LogP contribution in [0.3, 0.4) is 0 Å². The first-order valence-electron chi connectivity index (χ1n) is 2.76. The second kappa shape index (κ2) is 2.78. The molecule has 0 saturated carbocycles. The SMILES string of the molecule is NCc1nscc1C(F)(F)F. The summed E-state index contributed by atoms with van der Waals surface area (Å²) in [6.07, 6.45) is -4.32. The molecule has 0 aliphatic rings. The lowest BCUT2D eigenvalue weighted by molar-refractivity contribution is -0.138. The molecule has 6 heteroatoms. The van der Waals surface area contributed by atoms with Crippen LogP contribution in [-0.2, 0) is 12.7 Å². The minimum atomic E-state index is -4.32. The van der Waals surface area contributed by atoms with Crippen LogP contribution in [0.15, 0.2) is 5.38 Å². The summed E-state index contributed by atoms with van der Waals surface area (Å²) in [7, 11) is 0. The molecule has 0 fully saturated rings. The molecule has 0 unspecified atom stereocenters. The van der Waals surface area contributed by atoms with Gasteiger partial charge >= 0.3 is 6.18 Å². The van der Waals surface area contributed by atoms with Gasteiger partial charge in [-0.2, -0.15) is 17.5 Å². The van der Waals surface area contributed by atoms with Crippen molar-refractivity contribution in [3.8, 4) is 0 Å². The molecule has 1 heterocycles. The van der Waals surface area contributed by atoms with E-state index in [1.165, 1.54) is 0 Å². The zero-order valence-corrected chi connectivity index (χ0v) is 6.17. The molecule has 0 spiro atoms. The highest BCUT2D eigenvalue weighted by Crippen LogP contribution is 2.32. The number of hydrogen-bond donors (Lipinski definition) is 1. The number of hydrogen-bond acceptors (Lipinski definition) is 3. The van der Waals surface area contributed by atoms with Crippen molar-refractivity contribution in [2.75, 3.05) is 0 Å². The molecule has 0 atom stereocenters. The molecule has 0 amide bonds. The number of rotatable bonds is 1. The second-order valence-electron chi connectivity index (χ2n) is 1.88. The predicted molar refractivity (Wildman–Crippen MR) is 35.0 cm³/mol. The monoisotopic (exact) mass is 182 g/mol. The second-order valence-corrected chi connectivity index (χ2v) is 2.51. The molecule has 2 nitrogen and oxygen atoms in total. The molecule has 0 saturated heterocycles. The molecular formula is C5H5F3N2S. The fraction of sp³-hybridized carbons (Fsp3) is 0.400. The fourth-order valence-corrected chi connectivity index (χ4v) is 1.37. The molecule has 0 aliphatic carbocycles. The van der Waals surface area contributed by atoms with E-state index in [-0.39, 0.29) is 12.2 Å². The summed E-state index contributed by atoms with van der Waals surface area (Å²) < 4.78 is 39.4. The van der Waals surface area contributed by atoms with E-state index in [4.69, 9.17) is 5.73 Å². The van der Waals surface area contributed by atoms with Gasteiger partial charge in [-0.3, -0.25) is 0 Å². The minimum absolute atomic E-state index is 0.0810. The summed E-state index contributed by atoms with van der Waals surface area (Å²) in [5.41, 5.74) is 4.24. The zero-order chi connectivity index (χ0) is 8.48. The Morgan fingerprint density at radius 1 is 1.55 bits per heavy atom. The Kier molecular flexibility index (Phi) is 2.15. The van der Waals surface area contributed by atoms with Crippen molar-refractivity contribution < 1.29 is 13.2 Å². The van der Waals surface area contributed by atoms with Crippen molar-refractivity contribution in [3.63, 3.8) is 0 Å². The first kappa shape index (κ1) is 8.48. The number of halogens is 3.